The Morgan fingerprint density at radius 2 is 2.33 bits per heavy atom. The van der Waals surface area contributed by atoms with Gasteiger partial charge in [0.15, 0.2) is 0 Å². The number of likely N-dealkylation sites (tertiary alicyclic amines) is 1. The van der Waals surface area contributed by atoms with E-state index in [1.165, 1.54) is 0 Å². The third-order valence-electron chi connectivity index (χ3n) is 2.94. The molecule has 6 heteroatoms. The van der Waals surface area contributed by atoms with E-state index < -0.39 is 0 Å². The maximum absolute atomic E-state index is 12.0. The minimum absolute atomic E-state index is 0.00954. The highest BCUT2D eigenvalue weighted by molar-refractivity contribution is 9.10. The van der Waals surface area contributed by atoms with Gasteiger partial charge in [0.25, 0.3) is 5.91 Å². The van der Waals surface area contributed by atoms with Crippen LogP contribution >= 0.6 is 15.9 Å². The quantitative estimate of drug-likeness (QED) is 0.892. The summed E-state index contributed by atoms with van der Waals surface area (Å²) in [5.41, 5.74) is 0.374. The normalized spacial score (nSPS) is 18.8. The third-order valence-corrected chi connectivity index (χ3v) is 3.58. The Kier molecular flexibility index (Phi) is 3.96. The van der Waals surface area contributed by atoms with E-state index in [4.69, 9.17) is 0 Å². The number of pyridine rings is 1. The summed E-state index contributed by atoms with van der Waals surface area (Å²) in [5.74, 6) is -0.163. The molecule has 1 unspecified atom stereocenters. The maximum atomic E-state index is 12.0. The number of hydrogen-bond donors (Lipinski definition) is 1. The van der Waals surface area contributed by atoms with Crippen molar-refractivity contribution in [1.82, 2.24) is 15.2 Å². The molecule has 0 radical (unpaired) electrons. The van der Waals surface area contributed by atoms with Crippen LogP contribution in [0, 0.1) is 0 Å². The Morgan fingerprint density at radius 1 is 1.56 bits per heavy atom. The molecule has 0 spiro atoms. The van der Waals surface area contributed by atoms with Crippen molar-refractivity contribution >= 4 is 27.7 Å². The topological polar surface area (TPSA) is 62.3 Å². The van der Waals surface area contributed by atoms with Crippen molar-refractivity contribution in [2.45, 2.75) is 19.4 Å². The van der Waals surface area contributed by atoms with Gasteiger partial charge in [0, 0.05) is 36.7 Å². The molecule has 5 nitrogen and oxygen atoms in total. The first-order chi connectivity index (χ1) is 8.58. The molecule has 18 heavy (non-hydrogen) atoms. The molecule has 1 saturated heterocycles. The highest BCUT2D eigenvalue weighted by atomic mass is 79.9. The van der Waals surface area contributed by atoms with Crippen molar-refractivity contribution in [2.24, 2.45) is 0 Å². The molecule has 1 N–H and O–H groups in total. The zero-order chi connectivity index (χ0) is 13.1. The summed E-state index contributed by atoms with van der Waals surface area (Å²) in [6.45, 7) is 2.81. The van der Waals surface area contributed by atoms with Crippen LogP contribution < -0.4 is 5.32 Å². The van der Waals surface area contributed by atoms with Crippen LogP contribution in [-0.4, -0.2) is 40.8 Å². The largest absolute Gasteiger partial charge is 0.346 e. The summed E-state index contributed by atoms with van der Waals surface area (Å²) in [6, 6.07) is 3.54. The van der Waals surface area contributed by atoms with Crippen molar-refractivity contribution in [2.75, 3.05) is 13.1 Å². The van der Waals surface area contributed by atoms with Crippen molar-refractivity contribution in [3.05, 3.63) is 28.5 Å². The number of nitrogens with zero attached hydrogens (tertiary/aromatic N) is 2. The Balaban J connectivity index is 1.97. The lowest BCUT2D eigenvalue weighted by molar-refractivity contribution is -0.127. The van der Waals surface area contributed by atoms with Gasteiger partial charge < -0.3 is 10.2 Å². The van der Waals surface area contributed by atoms with Gasteiger partial charge in [-0.1, -0.05) is 0 Å². The molecule has 2 rings (SSSR count). The molecule has 1 atom stereocenters. The molecule has 1 aliphatic rings. The van der Waals surface area contributed by atoms with E-state index in [0.717, 1.165) is 6.42 Å². The van der Waals surface area contributed by atoms with E-state index in [-0.39, 0.29) is 17.9 Å². The summed E-state index contributed by atoms with van der Waals surface area (Å²) < 4.78 is 0.670. The summed E-state index contributed by atoms with van der Waals surface area (Å²) in [5, 5.41) is 2.90. The van der Waals surface area contributed by atoms with E-state index in [1.807, 2.05) is 0 Å². The molecule has 0 bridgehead atoms. The highest BCUT2D eigenvalue weighted by Gasteiger charge is 2.26. The predicted octanol–water partition coefficient (Wildman–Crippen LogP) is 1.19. The van der Waals surface area contributed by atoms with Gasteiger partial charge in [-0.15, -0.1) is 0 Å². The molecule has 2 heterocycles. The molecule has 96 valence electrons. The standard InChI is InChI=1S/C12H14BrN3O2/c1-8(17)16-6-4-9(7-16)15-12(18)11-10(13)3-2-5-14-11/h2-3,5,9H,4,6-7H2,1H3,(H,15,18). The average Bonchev–Trinajstić information content (AvgIpc) is 2.78. The lowest BCUT2D eigenvalue weighted by Gasteiger charge is -2.15. The van der Waals surface area contributed by atoms with Crippen LogP contribution in [0.4, 0.5) is 0 Å². The minimum Gasteiger partial charge on any atom is -0.346 e. The first-order valence-electron chi connectivity index (χ1n) is 5.75. The number of carbonyl (C=O) groups is 2. The smallest absolute Gasteiger partial charge is 0.271 e. The fourth-order valence-corrected chi connectivity index (χ4v) is 2.41. The van der Waals surface area contributed by atoms with E-state index >= 15 is 0 Å². The molecule has 0 saturated carbocycles. The molecule has 1 fully saturated rings. The van der Waals surface area contributed by atoms with Crippen LogP contribution in [0.25, 0.3) is 0 Å². The van der Waals surface area contributed by atoms with E-state index in [1.54, 1.807) is 30.2 Å². The van der Waals surface area contributed by atoms with Crippen molar-refractivity contribution in [1.29, 1.82) is 0 Å². The van der Waals surface area contributed by atoms with Gasteiger partial charge in [0.05, 0.1) is 0 Å². The fraction of sp³-hybridized carbons (Fsp3) is 0.417. The number of rotatable bonds is 2. The van der Waals surface area contributed by atoms with Crippen LogP contribution in [0.5, 0.6) is 0 Å². The maximum Gasteiger partial charge on any atom is 0.271 e. The lowest BCUT2D eigenvalue weighted by Crippen LogP contribution is -2.38. The molecule has 2 amide bonds. The lowest BCUT2D eigenvalue weighted by atomic mass is 10.2. The minimum atomic E-state index is -0.210. The predicted molar refractivity (Wildman–Crippen MR) is 70.1 cm³/mol. The molecular weight excluding hydrogens is 298 g/mol. The Labute approximate surface area is 114 Å². The van der Waals surface area contributed by atoms with Gasteiger partial charge >= 0.3 is 0 Å². The SMILES string of the molecule is CC(=O)N1CCC(NC(=O)c2ncccc2Br)C1. The van der Waals surface area contributed by atoms with Crippen LogP contribution in [0.15, 0.2) is 22.8 Å². The summed E-state index contributed by atoms with van der Waals surface area (Å²) in [4.78, 5) is 29.0. The van der Waals surface area contributed by atoms with Gasteiger partial charge in [-0.2, -0.15) is 0 Å². The first kappa shape index (κ1) is 13.0. The second-order valence-corrected chi connectivity index (χ2v) is 5.11. The van der Waals surface area contributed by atoms with Crippen molar-refractivity contribution < 1.29 is 9.59 Å². The number of hydrogen-bond acceptors (Lipinski definition) is 3. The Bertz CT molecular complexity index is 478. The molecule has 1 aromatic rings. The molecule has 0 aliphatic carbocycles. The number of aromatic nitrogens is 1. The molecule has 1 aromatic heterocycles. The van der Waals surface area contributed by atoms with Crippen LogP contribution in [0.2, 0.25) is 0 Å². The fourth-order valence-electron chi connectivity index (χ4n) is 1.97. The second-order valence-electron chi connectivity index (χ2n) is 4.26. The highest BCUT2D eigenvalue weighted by Crippen LogP contribution is 2.15. The third kappa shape index (κ3) is 2.87. The monoisotopic (exact) mass is 311 g/mol. The zero-order valence-corrected chi connectivity index (χ0v) is 11.6. The molecule has 1 aliphatic heterocycles. The summed E-state index contributed by atoms with van der Waals surface area (Å²) in [6.07, 6.45) is 2.37. The van der Waals surface area contributed by atoms with Gasteiger partial charge in [-0.3, -0.25) is 9.59 Å². The van der Waals surface area contributed by atoms with Gasteiger partial charge in [-0.25, -0.2) is 4.98 Å². The van der Waals surface area contributed by atoms with Crippen LogP contribution in [-0.2, 0) is 4.79 Å². The zero-order valence-electron chi connectivity index (χ0n) is 10.0. The van der Waals surface area contributed by atoms with Crippen molar-refractivity contribution in [3.8, 4) is 0 Å². The molecular formula is C12H14BrN3O2. The average molecular weight is 312 g/mol. The first-order valence-corrected chi connectivity index (χ1v) is 6.54. The van der Waals surface area contributed by atoms with Crippen LogP contribution in [0.3, 0.4) is 0 Å². The number of carbonyl (C=O) groups excluding carboxylic acids is 2. The Morgan fingerprint density at radius 3 is 2.94 bits per heavy atom. The number of halogens is 1. The van der Waals surface area contributed by atoms with Gasteiger partial charge in [0.1, 0.15) is 5.69 Å². The van der Waals surface area contributed by atoms with E-state index in [2.05, 4.69) is 26.2 Å². The van der Waals surface area contributed by atoms with Gasteiger partial charge in [0.2, 0.25) is 5.91 Å². The summed E-state index contributed by atoms with van der Waals surface area (Å²) in [7, 11) is 0. The van der Waals surface area contributed by atoms with Crippen LogP contribution in [0.1, 0.15) is 23.8 Å². The summed E-state index contributed by atoms with van der Waals surface area (Å²) >= 11 is 3.29. The van der Waals surface area contributed by atoms with Gasteiger partial charge in [-0.05, 0) is 34.5 Å². The number of nitrogens with one attached hydrogen (secondary N) is 1. The van der Waals surface area contributed by atoms with E-state index in [0.29, 0.717) is 23.3 Å². The Hall–Kier alpha value is -1.43. The second kappa shape index (κ2) is 5.48. The molecule has 0 aromatic carbocycles. The number of amides is 2. The van der Waals surface area contributed by atoms with E-state index in [9.17, 15) is 9.59 Å². The van der Waals surface area contributed by atoms with Crippen molar-refractivity contribution in [3.63, 3.8) is 0 Å².